The van der Waals surface area contributed by atoms with E-state index < -0.39 is 0 Å². The Morgan fingerprint density at radius 2 is 1.60 bits per heavy atom. The lowest BCUT2D eigenvalue weighted by molar-refractivity contribution is 0.0969. The van der Waals surface area contributed by atoms with Crippen molar-refractivity contribution in [2.75, 3.05) is 0 Å². The van der Waals surface area contributed by atoms with Gasteiger partial charge in [-0.1, -0.05) is 60.7 Å². The summed E-state index contributed by atoms with van der Waals surface area (Å²) in [5.41, 5.74) is 4.16. The lowest BCUT2D eigenvalue weighted by atomic mass is 9.99. The van der Waals surface area contributed by atoms with Crippen LogP contribution in [0.3, 0.4) is 0 Å². The van der Waals surface area contributed by atoms with E-state index in [1.165, 1.54) is 39.1 Å². The third-order valence-corrected chi connectivity index (χ3v) is 6.87. The van der Waals surface area contributed by atoms with Crippen molar-refractivity contribution >= 4 is 44.9 Å². The molecule has 1 heterocycles. The molecule has 1 aliphatic rings. The Labute approximate surface area is 190 Å². The van der Waals surface area contributed by atoms with Gasteiger partial charge < -0.3 is 4.57 Å². The van der Waals surface area contributed by atoms with Crippen LogP contribution in [-0.4, -0.2) is 10.4 Å². The molecule has 0 atom stereocenters. The number of fused-ring (bicyclic) bond motifs is 2. The monoisotopic (exact) mass is 478 g/mol. The standard InChI is InChI=1S/C25H22N2OS.BrH/c26-25-27(22-7-3-4-8-24(22)29-25)16-23(28)19-12-9-18(10-13-19)21-14-11-17-5-1-2-6-20(17)15-21;/h1-2,5-6,9-15,26H,3-4,7-8,16H2;1H. The van der Waals surface area contributed by atoms with Crippen LogP contribution < -0.4 is 4.80 Å². The normalized spacial score (nSPS) is 12.9. The van der Waals surface area contributed by atoms with Gasteiger partial charge in [0, 0.05) is 16.1 Å². The minimum absolute atomic E-state index is 0. The van der Waals surface area contributed by atoms with Crippen molar-refractivity contribution in [1.29, 1.82) is 5.41 Å². The lowest BCUT2D eigenvalue weighted by Crippen LogP contribution is -2.22. The van der Waals surface area contributed by atoms with Gasteiger partial charge in [-0.15, -0.1) is 28.3 Å². The van der Waals surface area contributed by atoms with Crippen molar-refractivity contribution in [2.45, 2.75) is 32.2 Å². The second kappa shape index (κ2) is 8.70. The summed E-state index contributed by atoms with van der Waals surface area (Å²) in [6, 6.07) is 22.6. The highest BCUT2D eigenvalue weighted by atomic mass is 79.9. The summed E-state index contributed by atoms with van der Waals surface area (Å²) in [4.78, 5) is 14.7. The Kier molecular flexibility index (Phi) is 6.02. The van der Waals surface area contributed by atoms with Gasteiger partial charge in [0.15, 0.2) is 10.6 Å². The van der Waals surface area contributed by atoms with Crippen LogP contribution in [0, 0.1) is 5.41 Å². The van der Waals surface area contributed by atoms with Gasteiger partial charge in [0.25, 0.3) is 0 Å². The van der Waals surface area contributed by atoms with Gasteiger partial charge in [0.05, 0.1) is 6.54 Å². The number of nitrogens with one attached hydrogen (secondary N) is 1. The fourth-order valence-electron chi connectivity index (χ4n) is 4.17. The second-order valence-electron chi connectivity index (χ2n) is 7.63. The number of benzene rings is 3. The molecule has 0 saturated carbocycles. The highest BCUT2D eigenvalue weighted by molar-refractivity contribution is 8.93. The number of hydrogen-bond donors (Lipinski definition) is 1. The molecule has 5 heteroatoms. The van der Waals surface area contributed by atoms with E-state index in [0.29, 0.717) is 10.4 Å². The summed E-state index contributed by atoms with van der Waals surface area (Å²) in [5, 5.41) is 10.7. The number of carbonyl (C=O) groups is 1. The largest absolute Gasteiger partial charge is 0.313 e. The van der Waals surface area contributed by atoms with Crippen LogP contribution in [-0.2, 0) is 19.4 Å². The molecule has 0 radical (unpaired) electrons. The highest BCUT2D eigenvalue weighted by Crippen LogP contribution is 2.26. The predicted octanol–water partition coefficient (Wildman–Crippen LogP) is 6.19. The Morgan fingerprint density at radius 3 is 2.40 bits per heavy atom. The van der Waals surface area contributed by atoms with Crippen molar-refractivity contribution < 1.29 is 4.79 Å². The first-order valence-electron chi connectivity index (χ1n) is 10.1. The SMILES string of the molecule is Br.N=c1sc2c(n1CC(=O)c1ccc(-c3ccc4ccccc4c3)cc1)CCCC2. The Bertz CT molecular complexity index is 1270. The summed E-state index contributed by atoms with van der Waals surface area (Å²) < 4.78 is 1.92. The van der Waals surface area contributed by atoms with Gasteiger partial charge in [-0.25, -0.2) is 0 Å². The van der Waals surface area contributed by atoms with Gasteiger partial charge in [0.2, 0.25) is 0 Å². The number of carbonyl (C=O) groups excluding carboxylic acids is 1. The molecule has 0 unspecified atom stereocenters. The number of rotatable bonds is 4. The third kappa shape index (κ3) is 3.92. The molecule has 0 amide bonds. The molecule has 1 N–H and O–H groups in total. The molecule has 0 bridgehead atoms. The van der Waals surface area contributed by atoms with Gasteiger partial charge in [-0.2, -0.15) is 0 Å². The first kappa shape index (κ1) is 20.8. The quantitative estimate of drug-likeness (QED) is 0.349. The van der Waals surface area contributed by atoms with E-state index in [-0.39, 0.29) is 29.3 Å². The van der Waals surface area contributed by atoms with E-state index in [2.05, 4.69) is 36.4 Å². The van der Waals surface area contributed by atoms with Gasteiger partial charge in [-0.3, -0.25) is 10.2 Å². The van der Waals surface area contributed by atoms with Crippen LogP contribution in [0.1, 0.15) is 33.8 Å². The van der Waals surface area contributed by atoms with Crippen molar-refractivity contribution in [1.82, 2.24) is 4.57 Å². The minimum atomic E-state index is 0. The molecule has 0 aliphatic heterocycles. The van der Waals surface area contributed by atoms with E-state index in [9.17, 15) is 4.79 Å². The molecule has 3 nitrogen and oxygen atoms in total. The van der Waals surface area contributed by atoms with Gasteiger partial charge in [-0.05, 0) is 53.6 Å². The summed E-state index contributed by atoms with van der Waals surface area (Å²) in [5.74, 6) is 0.0692. The van der Waals surface area contributed by atoms with E-state index in [4.69, 9.17) is 5.41 Å². The zero-order valence-corrected chi connectivity index (χ0v) is 19.1. The summed E-state index contributed by atoms with van der Waals surface area (Å²) in [6.45, 7) is 0.264. The molecule has 4 aromatic rings. The van der Waals surface area contributed by atoms with Crippen molar-refractivity contribution in [3.63, 3.8) is 0 Å². The van der Waals surface area contributed by atoms with Crippen LogP contribution in [0.5, 0.6) is 0 Å². The molecular weight excluding hydrogens is 456 g/mol. The molecule has 1 aromatic heterocycles. The number of hydrogen-bond acceptors (Lipinski definition) is 3. The maximum Gasteiger partial charge on any atom is 0.182 e. The molecular formula is C25H23BrN2OS. The van der Waals surface area contributed by atoms with Gasteiger partial charge in [0.1, 0.15) is 0 Å². The number of aromatic nitrogens is 1. The summed E-state index contributed by atoms with van der Waals surface area (Å²) >= 11 is 1.53. The number of aryl methyl sites for hydroxylation is 1. The highest BCUT2D eigenvalue weighted by Gasteiger charge is 2.18. The average molecular weight is 479 g/mol. The molecule has 152 valence electrons. The molecule has 0 spiro atoms. The predicted molar refractivity (Wildman–Crippen MR) is 129 cm³/mol. The number of Topliss-reactive ketones (excluding diaryl/α,β-unsaturated/α-hetero) is 1. The van der Waals surface area contributed by atoms with Crippen LogP contribution in [0.25, 0.3) is 21.9 Å². The fraction of sp³-hybridized carbons (Fsp3) is 0.200. The molecule has 1 aliphatic carbocycles. The molecule has 0 fully saturated rings. The fourth-order valence-corrected chi connectivity index (χ4v) is 5.27. The minimum Gasteiger partial charge on any atom is -0.313 e. The Hall–Kier alpha value is -2.50. The third-order valence-electron chi connectivity index (χ3n) is 5.77. The maximum atomic E-state index is 12.9. The van der Waals surface area contributed by atoms with Gasteiger partial charge >= 0.3 is 0 Å². The Morgan fingerprint density at radius 1 is 0.900 bits per heavy atom. The van der Waals surface area contributed by atoms with E-state index in [1.54, 1.807) is 0 Å². The van der Waals surface area contributed by atoms with Crippen molar-refractivity contribution in [3.8, 4) is 11.1 Å². The van der Waals surface area contributed by atoms with E-state index >= 15 is 0 Å². The van der Waals surface area contributed by atoms with Crippen LogP contribution in [0.2, 0.25) is 0 Å². The summed E-state index contributed by atoms with van der Waals surface area (Å²) in [6.07, 6.45) is 4.38. The molecule has 30 heavy (non-hydrogen) atoms. The zero-order chi connectivity index (χ0) is 19.8. The topological polar surface area (TPSA) is 45.9 Å². The molecule has 0 saturated heterocycles. The van der Waals surface area contributed by atoms with Crippen LogP contribution >= 0.6 is 28.3 Å². The molecule has 3 aromatic carbocycles. The lowest BCUT2D eigenvalue weighted by Gasteiger charge is -2.14. The van der Waals surface area contributed by atoms with E-state index in [1.807, 2.05) is 34.9 Å². The molecule has 5 rings (SSSR count). The van der Waals surface area contributed by atoms with Crippen LogP contribution in [0.4, 0.5) is 0 Å². The van der Waals surface area contributed by atoms with E-state index in [0.717, 1.165) is 30.4 Å². The first-order chi connectivity index (χ1) is 14.2. The average Bonchev–Trinajstić information content (AvgIpc) is 3.08. The number of thiazole rings is 1. The van der Waals surface area contributed by atoms with Crippen molar-refractivity contribution in [3.05, 3.63) is 87.7 Å². The zero-order valence-electron chi connectivity index (χ0n) is 16.6. The second-order valence-corrected chi connectivity index (χ2v) is 8.72. The number of halogens is 1. The van der Waals surface area contributed by atoms with Crippen molar-refractivity contribution in [2.24, 2.45) is 0 Å². The number of nitrogens with zero attached hydrogens (tertiary/aromatic N) is 1. The van der Waals surface area contributed by atoms with Crippen LogP contribution in [0.15, 0.2) is 66.7 Å². The summed E-state index contributed by atoms with van der Waals surface area (Å²) in [7, 11) is 0. The Balaban J connectivity index is 0.00000218. The first-order valence-corrected chi connectivity index (χ1v) is 10.9. The maximum absolute atomic E-state index is 12.9. The number of ketones is 1. The smallest absolute Gasteiger partial charge is 0.182 e.